The van der Waals surface area contributed by atoms with E-state index in [1.165, 1.54) is 24.3 Å². The zero-order chi connectivity index (χ0) is 22.5. The summed E-state index contributed by atoms with van der Waals surface area (Å²) in [6.07, 6.45) is 0.714. The first-order chi connectivity index (χ1) is 14.9. The quantitative estimate of drug-likeness (QED) is 0.232. The molecule has 1 amide bonds. The fraction of sp³-hybridized carbons (Fsp3) is 0.333. The smallest absolute Gasteiger partial charge is 0.295 e. The van der Waals surface area contributed by atoms with Crippen LogP contribution in [0.5, 0.6) is 0 Å². The van der Waals surface area contributed by atoms with Crippen LogP contribution in [0.1, 0.15) is 37.4 Å². The molecule has 1 aliphatic heterocycles. The van der Waals surface area contributed by atoms with Gasteiger partial charge in [-0.05, 0) is 90.6 Å². The van der Waals surface area contributed by atoms with Gasteiger partial charge in [-0.25, -0.2) is 4.39 Å². The zero-order valence-corrected chi connectivity index (χ0v) is 19.8. The highest BCUT2D eigenvalue weighted by Crippen LogP contribution is 2.39. The fourth-order valence-electron chi connectivity index (χ4n) is 3.87. The number of carbonyl (C=O) groups excluding carboxylic acids is 2. The van der Waals surface area contributed by atoms with Gasteiger partial charge in [-0.3, -0.25) is 9.59 Å². The van der Waals surface area contributed by atoms with Gasteiger partial charge in [0.05, 0.1) is 11.6 Å². The molecule has 2 aromatic rings. The second kappa shape index (κ2) is 10.4. The first-order valence-corrected chi connectivity index (χ1v) is 11.5. The minimum Gasteiger partial charge on any atom is -0.507 e. The molecule has 0 spiro atoms. The average molecular weight is 536 g/mol. The van der Waals surface area contributed by atoms with Crippen molar-refractivity contribution in [2.24, 2.45) is 0 Å². The Balaban J connectivity index is 2.01. The Morgan fingerprint density at radius 3 is 2.26 bits per heavy atom. The monoisotopic (exact) mass is 536 g/mol. The van der Waals surface area contributed by atoms with Crippen LogP contribution in [0.3, 0.4) is 0 Å². The van der Waals surface area contributed by atoms with Crippen LogP contribution in [0.15, 0.2) is 54.1 Å². The van der Waals surface area contributed by atoms with Crippen molar-refractivity contribution < 1.29 is 19.1 Å². The second-order valence-electron chi connectivity index (χ2n) is 7.43. The van der Waals surface area contributed by atoms with Crippen molar-refractivity contribution in [2.75, 3.05) is 26.2 Å². The molecule has 1 fully saturated rings. The van der Waals surface area contributed by atoms with Gasteiger partial charge in [0.15, 0.2) is 0 Å². The normalized spacial score (nSPS) is 18.2. The summed E-state index contributed by atoms with van der Waals surface area (Å²) in [6, 6.07) is 12.1. The lowest BCUT2D eigenvalue weighted by Crippen LogP contribution is -2.33. The number of ketones is 1. The molecule has 3 rings (SSSR count). The number of halogens is 2. The van der Waals surface area contributed by atoms with Gasteiger partial charge in [-0.2, -0.15) is 0 Å². The third-order valence-electron chi connectivity index (χ3n) is 5.61. The molecule has 7 heteroatoms. The van der Waals surface area contributed by atoms with Crippen molar-refractivity contribution in [2.45, 2.75) is 26.3 Å². The van der Waals surface area contributed by atoms with Gasteiger partial charge in [-0.1, -0.05) is 26.0 Å². The Bertz CT molecular complexity index is 969. The van der Waals surface area contributed by atoms with Crippen molar-refractivity contribution >= 4 is 40.0 Å². The number of likely N-dealkylation sites (tertiary alicyclic amines) is 1. The SMILES string of the molecule is CCN(CC)CCCN1C(=O)C(=O)C(=C(O)c2ccc(F)cc2)C1c1ccc(I)cc1. The number of aliphatic hydroxyl groups is 1. The maximum Gasteiger partial charge on any atom is 0.295 e. The maximum absolute atomic E-state index is 13.3. The van der Waals surface area contributed by atoms with Gasteiger partial charge >= 0.3 is 0 Å². The predicted molar refractivity (Wildman–Crippen MR) is 127 cm³/mol. The molecule has 1 aliphatic rings. The summed E-state index contributed by atoms with van der Waals surface area (Å²) in [6.45, 7) is 7.22. The molecular formula is C24H26FIN2O3. The van der Waals surface area contributed by atoms with E-state index in [2.05, 4.69) is 41.3 Å². The van der Waals surface area contributed by atoms with Gasteiger partial charge in [0.25, 0.3) is 11.7 Å². The molecule has 0 aliphatic carbocycles. The highest BCUT2D eigenvalue weighted by molar-refractivity contribution is 14.1. The van der Waals surface area contributed by atoms with Gasteiger partial charge in [0, 0.05) is 15.7 Å². The van der Waals surface area contributed by atoms with Gasteiger partial charge in [-0.15, -0.1) is 0 Å². The summed E-state index contributed by atoms with van der Waals surface area (Å²) < 4.78 is 14.4. The van der Waals surface area contributed by atoms with Crippen molar-refractivity contribution in [3.05, 3.63) is 74.6 Å². The molecule has 0 bridgehead atoms. The lowest BCUT2D eigenvalue weighted by Gasteiger charge is -2.26. The van der Waals surface area contributed by atoms with Crippen LogP contribution in [0.4, 0.5) is 4.39 Å². The summed E-state index contributed by atoms with van der Waals surface area (Å²) in [4.78, 5) is 29.7. The number of nitrogens with zero attached hydrogens (tertiary/aromatic N) is 2. The number of carbonyl (C=O) groups is 2. The van der Waals surface area contributed by atoms with Crippen LogP contribution < -0.4 is 0 Å². The maximum atomic E-state index is 13.3. The van der Waals surface area contributed by atoms with Crippen LogP contribution in [0.2, 0.25) is 0 Å². The van der Waals surface area contributed by atoms with E-state index in [1.54, 1.807) is 4.90 Å². The molecule has 0 saturated carbocycles. The lowest BCUT2D eigenvalue weighted by molar-refractivity contribution is -0.140. The average Bonchev–Trinajstić information content (AvgIpc) is 3.02. The summed E-state index contributed by atoms with van der Waals surface area (Å²) in [5.41, 5.74) is 1.10. The van der Waals surface area contributed by atoms with E-state index in [4.69, 9.17) is 0 Å². The van der Waals surface area contributed by atoms with E-state index in [0.717, 1.165) is 28.8 Å². The zero-order valence-electron chi connectivity index (χ0n) is 17.6. The van der Waals surface area contributed by atoms with Gasteiger partial charge in [0.2, 0.25) is 0 Å². The van der Waals surface area contributed by atoms with E-state index in [0.29, 0.717) is 18.5 Å². The molecule has 1 N–H and O–H groups in total. The van der Waals surface area contributed by atoms with Crippen molar-refractivity contribution in [1.82, 2.24) is 9.80 Å². The molecule has 164 valence electrons. The Kier molecular flexibility index (Phi) is 7.83. The number of Topliss-reactive ketones (excluding diaryl/α,β-unsaturated/α-hetero) is 1. The Morgan fingerprint density at radius 2 is 1.68 bits per heavy atom. The third-order valence-corrected chi connectivity index (χ3v) is 6.33. The summed E-state index contributed by atoms with van der Waals surface area (Å²) in [5.74, 6) is -2.06. The van der Waals surface area contributed by atoms with Crippen LogP contribution in [-0.2, 0) is 9.59 Å². The predicted octanol–water partition coefficient (Wildman–Crippen LogP) is 4.58. The Labute approximate surface area is 195 Å². The van der Waals surface area contributed by atoms with Crippen LogP contribution in [-0.4, -0.2) is 52.8 Å². The van der Waals surface area contributed by atoms with Crippen LogP contribution >= 0.6 is 22.6 Å². The second-order valence-corrected chi connectivity index (χ2v) is 8.68. The molecule has 0 radical (unpaired) electrons. The van der Waals surface area contributed by atoms with E-state index in [1.807, 2.05) is 24.3 Å². The number of rotatable bonds is 8. The minimum atomic E-state index is -0.715. The number of aliphatic hydroxyl groups excluding tert-OH is 1. The highest BCUT2D eigenvalue weighted by atomic mass is 127. The van der Waals surface area contributed by atoms with Crippen molar-refractivity contribution in [1.29, 1.82) is 0 Å². The standard InChI is InChI=1S/C24H26FIN2O3/c1-3-27(4-2)14-5-15-28-21(16-8-12-19(26)13-9-16)20(23(30)24(28)31)22(29)17-6-10-18(25)11-7-17/h6-13,21,29H,3-5,14-15H2,1-2H3. The molecule has 31 heavy (non-hydrogen) atoms. The third kappa shape index (κ3) is 5.15. The molecular weight excluding hydrogens is 510 g/mol. The molecule has 1 unspecified atom stereocenters. The Hall–Kier alpha value is -2.26. The van der Waals surface area contributed by atoms with Crippen molar-refractivity contribution in [3.8, 4) is 0 Å². The molecule has 0 aromatic heterocycles. The van der Waals surface area contributed by atoms with Crippen LogP contribution in [0, 0.1) is 9.39 Å². The number of hydrogen-bond donors (Lipinski definition) is 1. The lowest BCUT2D eigenvalue weighted by atomic mass is 9.95. The number of benzene rings is 2. The van der Waals surface area contributed by atoms with E-state index in [9.17, 15) is 19.1 Å². The van der Waals surface area contributed by atoms with Crippen molar-refractivity contribution in [3.63, 3.8) is 0 Å². The first-order valence-electron chi connectivity index (χ1n) is 10.4. The van der Waals surface area contributed by atoms with Gasteiger partial charge in [0.1, 0.15) is 11.6 Å². The number of hydrogen-bond acceptors (Lipinski definition) is 4. The summed E-state index contributed by atoms with van der Waals surface area (Å²) in [5, 5.41) is 10.9. The molecule has 1 heterocycles. The molecule has 2 aromatic carbocycles. The fourth-order valence-corrected chi connectivity index (χ4v) is 4.23. The summed E-state index contributed by atoms with van der Waals surface area (Å²) >= 11 is 2.19. The van der Waals surface area contributed by atoms with E-state index in [-0.39, 0.29) is 11.3 Å². The molecule has 5 nitrogen and oxygen atoms in total. The largest absolute Gasteiger partial charge is 0.507 e. The molecule has 1 saturated heterocycles. The topological polar surface area (TPSA) is 60.9 Å². The highest BCUT2D eigenvalue weighted by Gasteiger charge is 2.45. The van der Waals surface area contributed by atoms with E-state index < -0.39 is 23.5 Å². The molecule has 1 atom stereocenters. The van der Waals surface area contributed by atoms with Crippen LogP contribution in [0.25, 0.3) is 5.76 Å². The Morgan fingerprint density at radius 1 is 1.06 bits per heavy atom. The summed E-state index contributed by atoms with van der Waals surface area (Å²) in [7, 11) is 0. The first kappa shape index (κ1) is 23.4. The minimum absolute atomic E-state index is 0.0423. The van der Waals surface area contributed by atoms with E-state index >= 15 is 0 Å². The number of amides is 1. The van der Waals surface area contributed by atoms with Gasteiger partial charge < -0.3 is 14.9 Å².